The van der Waals surface area contributed by atoms with Crippen LogP contribution in [0.4, 0.5) is 5.69 Å². The third-order valence-electron chi connectivity index (χ3n) is 4.02. The van der Waals surface area contributed by atoms with Crippen molar-refractivity contribution >= 4 is 11.6 Å². The van der Waals surface area contributed by atoms with Crippen LogP contribution in [0.25, 0.3) is 0 Å². The maximum Gasteiger partial charge on any atom is 0.271 e. The Balaban J connectivity index is 1.94. The van der Waals surface area contributed by atoms with Gasteiger partial charge in [-0.3, -0.25) is 9.59 Å². The molecule has 7 heteroatoms. The number of aromatic nitrogens is 2. The summed E-state index contributed by atoms with van der Waals surface area (Å²) < 4.78 is 6.19. The second-order valence-electron chi connectivity index (χ2n) is 5.95. The van der Waals surface area contributed by atoms with Crippen LogP contribution in [0.3, 0.4) is 0 Å². The number of carbonyl (C=O) groups is 1. The zero-order valence-corrected chi connectivity index (χ0v) is 15.6. The Morgan fingerprint density at radius 1 is 1.31 bits per heavy atom. The predicted octanol–water partition coefficient (Wildman–Crippen LogP) is 1.45. The fourth-order valence-electron chi connectivity index (χ4n) is 2.60. The predicted molar refractivity (Wildman–Crippen MR) is 102 cm³/mol. The minimum Gasteiger partial charge on any atom is -0.383 e. The molecule has 0 unspecified atom stereocenters. The van der Waals surface area contributed by atoms with Crippen molar-refractivity contribution in [1.82, 2.24) is 15.1 Å². The summed E-state index contributed by atoms with van der Waals surface area (Å²) in [7, 11) is 1.55. The van der Waals surface area contributed by atoms with Gasteiger partial charge in [0.1, 0.15) is 5.69 Å². The monoisotopic (exact) mass is 358 g/mol. The topological polar surface area (TPSA) is 76.5 Å². The first kappa shape index (κ1) is 19.7. The van der Waals surface area contributed by atoms with Crippen LogP contribution >= 0.6 is 0 Å². The molecule has 1 N–H and O–H groups in total. The molecule has 0 saturated heterocycles. The third kappa shape index (κ3) is 5.42. The van der Waals surface area contributed by atoms with Crippen LogP contribution in [0.1, 0.15) is 23.0 Å². The molecule has 0 aliphatic carbocycles. The first-order valence-corrected chi connectivity index (χ1v) is 8.72. The van der Waals surface area contributed by atoms with Gasteiger partial charge in [-0.05, 0) is 37.6 Å². The first-order valence-electron chi connectivity index (χ1n) is 8.72. The molecule has 2 rings (SSSR count). The van der Waals surface area contributed by atoms with E-state index in [2.05, 4.69) is 47.4 Å². The number of hydrogen-bond acceptors (Lipinski definition) is 5. The normalized spacial score (nSPS) is 10.6. The van der Waals surface area contributed by atoms with Crippen molar-refractivity contribution < 1.29 is 9.53 Å². The van der Waals surface area contributed by atoms with Gasteiger partial charge in [-0.1, -0.05) is 12.1 Å². The molecular formula is C19H26N4O3. The van der Waals surface area contributed by atoms with Gasteiger partial charge >= 0.3 is 0 Å². The molecule has 0 fully saturated rings. The van der Waals surface area contributed by atoms with Gasteiger partial charge in [0.2, 0.25) is 0 Å². The summed E-state index contributed by atoms with van der Waals surface area (Å²) in [5.74, 6) is -0.295. The van der Waals surface area contributed by atoms with E-state index in [-0.39, 0.29) is 17.2 Å². The van der Waals surface area contributed by atoms with Crippen LogP contribution in [0.5, 0.6) is 0 Å². The van der Waals surface area contributed by atoms with Crippen LogP contribution in [-0.4, -0.2) is 49.0 Å². The quantitative estimate of drug-likeness (QED) is 0.734. The number of ether oxygens (including phenoxy) is 1. The first-order chi connectivity index (χ1) is 12.5. The smallest absolute Gasteiger partial charge is 0.271 e. The minimum absolute atomic E-state index is 0.222. The largest absolute Gasteiger partial charge is 0.383 e. The molecule has 26 heavy (non-hydrogen) atoms. The number of hydrogen-bond donors (Lipinski definition) is 1. The van der Waals surface area contributed by atoms with Crippen molar-refractivity contribution in [3.63, 3.8) is 0 Å². The second kappa shape index (κ2) is 9.72. The van der Waals surface area contributed by atoms with Gasteiger partial charge in [0, 0.05) is 38.5 Å². The fourth-order valence-corrected chi connectivity index (χ4v) is 2.60. The number of benzene rings is 1. The summed E-state index contributed by atoms with van der Waals surface area (Å²) in [6, 6.07) is 11.1. The summed E-state index contributed by atoms with van der Waals surface area (Å²) in [6.07, 6.45) is 0. The summed E-state index contributed by atoms with van der Waals surface area (Å²) in [5.41, 5.74) is 2.30. The summed E-state index contributed by atoms with van der Waals surface area (Å²) in [5, 5.41) is 6.96. The molecule has 0 aliphatic rings. The van der Waals surface area contributed by atoms with Crippen molar-refractivity contribution in [1.29, 1.82) is 0 Å². The van der Waals surface area contributed by atoms with E-state index < -0.39 is 0 Å². The average molecular weight is 358 g/mol. The van der Waals surface area contributed by atoms with E-state index in [1.54, 1.807) is 7.11 Å². The second-order valence-corrected chi connectivity index (χ2v) is 5.95. The molecule has 0 atom stereocenters. The molecule has 7 nitrogen and oxygen atoms in total. The minimum atomic E-state index is -0.295. The van der Waals surface area contributed by atoms with Crippen LogP contribution < -0.4 is 15.8 Å². The Morgan fingerprint density at radius 2 is 2.12 bits per heavy atom. The molecule has 1 amide bonds. The zero-order valence-electron chi connectivity index (χ0n) is 15.6. The standard InChI is InChI=1S/C19H26N4O3/c1-4-22(16-7-5-6-15(2)14-16)11-10-20-19(25)17-8-9-18(24)23(21-17)12-13-26-3/h5-9,14H,4,10-13H2,1-3H3,(H,20,25). The summed E-state index contributed by atoms with van der Waals surface area (Å²) >= 11 is 0. The number of anilines is 1. The van der Waals surface area contributed by atoms with E-state index in [0.29, 0.717) is 26.2 Å². The lowest BCUT2D eigenvalue weighted by Gasteiger charge is -2.23. The van der Waals surface area contributed by atoms with Crippen molar-refractivity contribution in [3.8, 4) is 0 Å². The maximum absolute atomic E-state index is 12.3. The van der Waals surface area contributed by atoms with E-state index in [1.807, 2.05) is 6.07 Å². The van der Waals surface area contributed by atoms with E-state index in [1.165, 1.54) is 22.4 Å². The van der Waals surface area contributed by atoms with Gasteiger partial charge in [-0.25, -0.2) is 4.68 Å². The molecule has 0 radical (unpaired) electrons. The Kier molecular flexibility index (Phi) is 7.35. The molecule has 1 aromatic carbocycles. The Morgan fingerprint density at radius 3 is 2.81 bits per heavy atom. The van der Waals surface area contributed by atoms with Crippen molar-refractivity contribution in [2.24, 2.45) is 0 Å². The highest BCUT2D eigenvalue weighted by Gasteiger charge is 2.10. The molecule has 2 aromatic rings. The Labute approximate surface area is 153 Å². The molecular weight excluding hydrogens is 332 g/mol. The van der Waals surface area contributed by atoms with Gasteiger partial charge in [-0.15, -0.1) is 0 Å². The molecule has 0 aliphatic heterocycles. The van der Waals surface area contributed by atoms with Crippen LogP contribution in [0, 0.1) is 6.92 Å². The van der Waals surface area contributed by atoms with E-state index >= 15 is 0 Å². The SMILES string of the molecule is CCN(CCNC(=O)c1ccc(=O)n(CCOC)n1)c1cccc(C)c1. The van der Waals surface area contributed by atoms with Crippen LogP contribution in [-0.2, 0) is 11.3 Å². The van der Waals surface area contributed by atoms with Gasteiger partial charge < -0.3 is 15.0 Å². The number of nitrogens with zero attached hydrogens (tertiary/aromatic N) is 3. The number of aryl methyl sites for hydroxylation is 1. The third-order valence-corrected chi connectivity index (χ3v) is 4.02. The average Bonchev–Trinajstić information content (AvgIpc) is 2.64. The Hall–Kier alpha value is -2.67. The summed E-state index contributed by atoms with van der Waals surface area (Å²) in [4.78, 5) is 26.2. The molecule has 1 aromatic heterocycles. The lowest BCUT2D eigenvalue weighted by Crippen LogP contribution is -2.36. The van der Waals surface area contributed by atoms with Gasteiger partial charge in [0.15, 0.2) is 0 Å². The number of methoxy groups -OCH3 is 1. The number of rotatable bonds is 9. The number of likely N-dealkylation sites (N-methyl/N-ethyl adjacent to an activating group) is 1. The number of carbonyl (C=O) groups excluding carboxylic acids is 1. The fraction of sp³-hybridized carbons (Fsp3) is 0.421. The van der Waals surface area contributed by atoms with Crippen molar-refractivity contribution in [2.45, 2.75) is 20.4 Å². The zero-order chi connectivity index (χ0) is 18.9. The maximum atomic E-state index is 12.3. The lowest BCUT2D eigenvalue weighted by atomic mass is 10.2. The number of nitrogens with one attached hydrogen (secondary N) is 1. The molecule has 0 bridgehead atoms. The van der Waals surface area contributed by atoms with Crippen molar-refractivity contribution in [2.75, 3.05) is 38.3 Å². The van der Waals surface area contributed by atoms with Crippen molar-refractivity contribution in [3.05, 3.63) is 58.0 Å². The van der Waals surface area contributed by atoms with E-state index in [4.69, 9.17) is 4.74 Å². The molecule has 0 spiro atoms. The van der Waals surface area contributed by atoms with Crippen LogP contribution in [0.15, 0.2) is 41.2 Å². The lowest BCUT2D eigenvalue weighted by molar-refractivity contribution is 0.0946. The molecule has 1 heterocycles. The molecule has 0 saturated carbocycles. The molecule has 140 valence electrons. The highest BCUT2D eigenvalue weighted by Crippen LogP contribution is 2.14. The number of amides is 1. The van der Waals surface area contributed by atoms with Gasteiger partial charge in [0.25, 0.3) is 11.5 Å². The van der Waals surface area contributed by atoms with E-state index in [9.17, 15) is 9.59 Å². The van der Waals surface area contributed by atoms with E-state index in [0.717, 1.165) is 12.2 Å². The van der Waals surface area contributed by atoms with Gasteiger partial charge in [-0.2, -0.15) is 5.10 Å². The van der Waals surface area contributed by atoms with Gasteiger partial charge in [0.05, 0.1) is 13.2 Å². The summed E-state index contributed by atoms with van der Waals surface area (Å²) in [6.45, 7) is 6.84. The highest BCUT2D eigenvalue weighted by molar-refractivity contribution is 5.92. The Bertz CT molecular complexity index is 788. The highest BCUT2D eigenvalue weighted by atomic mass is 16.5. The van der Waals surface area contributed by atoms with Crippen LogP contribution in [0.2, 0.25) is 0 Å².